The molecule has 1 saturated heterocycles. The molecule has 1 aromatic heterocycles. The number of nitrogens with zero attached hydrogens (tertiary/aromatic N) is 3. The number of carbonyl (C=O) groups excluding carboxylic acids is 1. The number of carbonyl (C=O) groups is 1. The summed E-state index contributed by atoms with van der Waals surface area (Å²) in [7, 11) is 0. The van der Waals surface area contributed by atoms with Gasteiger partial charge in [-0.2, -0.15) is 0 Å². The molecule has 1 aliphatic rings. The van der Waals surface area contributed by atoms with Crippen molar-refractivity contribution in [1.29, 1.82) is 0 Å². The number of ether oxygens (including phenoxy) is 1. The van der Waals surface area contributed by atoms with Crippen LogP contribution in [0.1, 0.15) is 20.8 Å². The third-order valence-corrected chi connectivity index (χ3v) is 3.76. The number of aromatic nitrogens is 1. The molecule has 5 nitrogen and oxygen atoms in total. The molecule has 0 N–H and O–H groups in total. The van der Waals surface area contributed by atoms with E-state index < -0.39 is 5.60 Å². The van der Waals surface area contributed by atoms with E-state index in [9.17, 15) is 4.79 Å². The molecule has 0 atom stereocenters. The zero-order valence-corrected chi connectivity index (χ0v) is 13.9. The molecule has 1 amide bonds. The van der Waals surface area contributed by atoms with E-state index in [2.05, 4.69) is 9.88 Å². The molecule has 0 radical (unpaired) electrons. The van der Waals surface area contributed by atoms with Crippen molar-refractivity contribution in [3.63, 3.8) is 0 Å². The smallest absolute Gasteiger partial charge is 0.410 e. The number of halogens is 2. The maximum absolute atomic E-state index is 12.0. The van der Waals surface area contributed by atoms with Crippen molar-refractivity contribution < 1.29 is 9.53 Å². The summed E-state index contributed by atoms with van der Waals surface area (Å²) < 4.78 is 5.37. The summed E-state index contributed by atoms with van der Waals surface area (Å²) in [5.74, 6) is 0. The maximum Gasteiger partial charge on any atom is 0.410 e. The van der Waals surface area contributed by atoms with Crippen molar-refractivity contribution in [2.75, 3.05) is 31.1 Å². The largest absolute Gasteiger partial charge is 0.444 e. The lowest BCUT2D eigenvalue weighted by molar-refractivity contribution is 0.0240. The highest BCUT2D eigenvalue weighted by molar-refractivity contribution is 6.41. The molecule has 7 heteroatoms. The van der Waals surface area contributed by atoms with Gasteiger partial charge in [-0.05, 0) is 26.8 Å². The van der Waals surface area contributed by atoms with Gasteiger partial charge < -0.3 is 14.5 Å². The third kappa shape index (κ3) is 4.38. The van der Waals surface area contributed by atoms with Gasteiger partial charge in [-0.3, -0.25) is 0 Å². The van der Waals surface area contributed by atoms with Crippen LogP contribution in [0, 0.1) is 0 Å². The summed E-state index contributed by atoms with van der Waals surface area (Å²) >= 11 is 11.8. The Labute approximate surface area is 134 Å². The molecule has 1 fully saturated rings. The van der Waals surface area contributed by atoms with Crippen LogP contribution in [0.2, 0.25) is 10.2 Å². The third-order valence-electron chi connectivity index (χ3n) is 3.08. The number of amides is 1. The summed E-state index contributed by atoms with van der Waals surface area (Å²) in [6.07, 6.45) is 1.42. The predicted octanol–water partition coefficient (Wildman–Crippen LogP) is 3.45. The summed E-state index contributed by atoms with van der Waals surface area (Å²) in [4.78, 5) is 19.9. The molecule has 0 saturated carbocycles. The van der Waals surface area contributed by atoms with Crippen molar-refractivity contribution in [3.8, 4) is 0 Å². The van der Waals surface area contributed by atoms with Gasteiger partial charge in [0.25, 0.3) is 0 Å². The number of hydrogen-bond donors (Lipinski definition) is 0. The highest BCUT2D eigenvalue weighted by atomic mass is 35.5. The zero-order valence-electron chi connectivity index (χ0n) is 12.4. The van der Waals surface area contributed by atoms with E-state index in [-0.39, 0.29) is 6.09 Å². The topological polar surface area (TPSA) is 45.7 Å². The Hall–Kier alpha value is -1.20. The van der Waals surface area contributed by atoms with Gasteiger partial charge in [-0.25, -0.2) is 9.78 Å². The fourth-order valence-electron chi connectivity index (χ4n) is 2.06. The van der Waals surface area contributed by atoms with Crippen LogP contribution in [0.5, 0.6) is 0 Å². The number of piperazine rings is 1. The molecule has 0 spiro atoms. The van der Waals surface area contributed by atoms with Gasteiger partial charge >= 0.3 is 6.09 Å². The summed E-state index contributed by atoms with van der Waals surface area (Å²) in [6, 6.07) is 1.79. The number of hydrogen-bond acceptors (Lipinski definition) is 4. The van der Waals surface area contributed by atoms with Crippen LogP contribution in [-0.4, -0.2) is 47.8 Å². The van der Waals surface area contributed by atoms with Crippen LogP contribution in [0.3, 0.4) is 0 Å². The molecule has 2 rings (SSSR count). The molecule has 2 heterocycles. The average Bonchev–Trinajstić information content (AvgIpc) is 2.40. The Morgan fingerprint density at radius 2 is 1.86 bits per heavy atom. The molecule has 1 aromatic rings. The lowest BCUT2D eigenvalue weighted by atomic mass is 10.2. The normalized spacial score (nSPS) is 16.0. The van der Waals surface area contributed by atoms with E-state index in [0.717, 1.165) is 5.69 Å². The molecule has 0 unspecified atom stereocenters. The first-order valence-corrected chi connectivity index (χ1v) is 7.56. The van der Waals surface area contributed by atoms with Crippen LogP contribution in [-0.2, 0) is 4.74 Å². The SMILES string of the molecule is CC(C)(C)OC(=O)N1CCN(c2cnc(Cl)c(Cl)c2)CC1. The Morgan fingerprint density at radius 1 is 1.24 bits per heavy atom. The van der Waals surface area contributed by atoms with Crippen LogP contribution >= 0.6 is 23.2 Å². The van der Waals surface area contributed by atoms with Gasteiger partial charge in [0.15, 0.2) is 0 Å². The molecule has 21 heavy (non-hydrogen) atoms. The minimum Gasteiger partial charge on any atom is -0.444 e. The summed E-state index contributed by atoms with van der Waals surface area (Å²) in [6.45, 7) is 8.22. The average molecular weight is 332 g/mol. The Balaban J connectivity index is 1.94. The molecular formula is C14H19Cl2N3O2. The number of anilines is 1. The van der Waals surface area contributed by atoms with Gasteiger partial charge in [0.1, 0.15) is 10.8 Å². The van der Waals surface area contributed by atoms with Gasteiger partial charge in [-0.15, -0.1) is 0 Å². The lowest BCUT2D eigenvalue weighted by Gasteiger charge is -2.36. The quantitative estimate of drug-likeness (QED) is 0.739. The van der Waals surface area contributed by atoms with E-state index in [1.54, 1.807) is 17.2 Å². The lowest BCUT2D eigenvalue weighted by Crippen LogP contribution is -2.50. The Morgan fingerprint density at radius 3 is 2.38 bits per heavy atom. The van der Waals surface area contributed by atoms with Gasteiger partial charge in [0, 0.05) is 26.2 Å². The first-order chi connectivity index (χ1) is 9.76. The zero-order chi connectivity index (χ0) is 15.6. The fraction of sp³-hybridized carbons (Fsp3) is 0.571. The second-order valence-electron chi connectivity index (χ2n) is 5.92. The second-order valence-corrected chi connectivity index (χ2v) is 6.69. The van der Waals surface area contributed by atoms with E-state index in [1.807, 2.05) is 20.8 Å². The van der Waals surface area contributed by atoms with Gasteiger partial charge in [0.05, 0.1) is 16.9 Å². The maximum atomic E-state index is 12.0. The highest BCUT2D eigenvalue weighted by Crippen LogP contribution is 2.25. The van der Waals surface area contributed by atoms with Crippen molar-refractivity contribution >= 4 is 35.0 Å². The first-order valence-electron chi connectivity index (χ1n) is 6.80. The van der Waals surface area contributed by atoms with Crippen LogP contribution in [0.25, 0.3) is 0 Å². The predicted molar refractivity (Wildman–Crippen MR) is 84.3 cm³/mol. The number of rotatable bonds is 1. The molecule has 0 bridgehead atoms. The van der Waals surface area contributed by atoms with Crippen molar-refractivity contribution in [1.82, 2.24) is 9.88 Å². The monoisotopic (exact) mass is 331 g/mol. The van der Waals surface area contributed by atoms with Crippen molar-refractivity contribution in [2.45, 2.75) is 26.4 Å². The van der Waals surface area contributed by atoms with Crippen LogP contribution in [0.4, 0.5) is 10.5 Å². The minimum absolute atomic E-state index is 0.269. The summed E-state index contributed by atoms with van der Waals surface area (Å²) in [5.41, 5.74) is 0.440. The molecular weight excluding hydrogens is 313 g/mol. The molecule has 116 valence electrons. The second kappa shape index (κ2) is 6.28. The Kier molecular flexibility index (Phi) is 4.84. The molecule has 0 aromatic carbocycles. The van der Waals surface area contributed by atoms with Crippen LogP contribution in [0.15, 0.2) is 12.3 Å². The van der Waals surface area contributed by atoms with Crippen molar-refractivity contribution in [3.05, 3.63) is 22.4 Å². The highest BCUT2D eigenvalue weighted by Gasteiger charge is 2.26. The summed E-state index contributed by atoms with van der Waals surface area (Å²) in [5, 5.41) is 0.733. The fourth-order valence-corrected chi connectivity index (χ4v) is 2.32. The minimum atomic E-state index is -0.470. The first kappa shape index (κ1) is 16.2. The van der Waals surface area contributed by atoms with Gasteiger partial charge in [-0.1, -0.05) is 23.2 Å². The molecule has 0 aliphatic carbocycles. The van der Waals surface area contributed by atoms with Gasteiger partial charge in [0.2, 0.25) is 0 Å². The van der Waals surface area contributed by atoms with E-state index in [1.165, 1.54) is 0 Å². The van der Waals surface area contributed by atoms with E-state index >= 15 is 0 Å². The van der Waals surface area contributed by atoms with E-state index in [0.29, 0.717) is 36.4 Å². The Bertz CT molecular complexity index is 523. The van der Waals surface area contributed by atoms with Crippen molar-refractivity contribution in [2.24, 2.45) is 0 Å². The number of pyridine rings is 1. The van der Waals surface area contributed by atoms with Crippen LogP contribution < -0.4 is 4.90 Å². The molecule has 1 aliphatic heterocycles. The standard InChI is InChI=1S/C14H19Cl2N3O2/c1-14(2,3)21-13(20)19-6-4-18(5-7-19)10-8-11(15)12(16)17-9-10/h8-9H,4-7H2,1-3H3. The van der Waals surface area contributed by atoms with E-state index in [4.69, 9.17) is 27.9 Å².